The molecular weight excluding hydrogens is 462 g/mol. The maximum absolute atomic E-state index is 12.2. The first-order valence-electron chi connectivity index (χ1n) is 11.1. The number of nitrogens with one attached hydrogen (secondary N) is 1. The van der Waals surface area contributed by atoms with Gasteiger partial charge in [-0.2, -0.15) is 0 Å². The largest absolute Gasteiger partial charge is 0.493 e. The lowest BCUT2D eigenvalue weighted by molar-refractivity contribution is 0.282. The van der Waals surface area contributed by atoms with Gasteiger partial charge in [-0.25, -0.2) is 0 Å². The fraction of sp³-hybridized carbons (Fsp3) is 0.400. The summed E-state index contributed by atoms with van der Waals surface area (Å²) in [4.78, 5) is 16.6. The van der Waals surface area contributed by atoms with E-state index >= 15 is 0 Å². The number of hydrogen-bond acceptors (Lipinski definition) is 5. The number of hydrogen-bond donors (Lipinski definition) is 1. The van der Waals surface area contributed by atoms with Crippen LogP contribution in [-0.2, 0) is 6.61 Å². The fourth-order valence-corrected chi connectivity index (χ4v) is 8.98. The Hall–Kier alpha value is -1.89. The quantitative estimate of drug-likeness (QED) is 0.458. The summed E-state index contributed by atoms with van der Waals surface area (Å²) in [7, 11) is 1.69. The maximum Gasteiger partial charge on any atom is 0.305 e. The van der Waals surface area contributed by atoms with Crippen LogP contribution in [0.3, 0.4) is 0 Å². The van der Waals surface area contributed by atoms with Gasteiger partial charge in [-0.15, -0.1) is 11.8 Å². The van der Waals surface area contributed by atoms with Gasteiger partial charge in [0.25, 0.3) is 0 Å². The summed E-state index contributed by atoms with van der Waals surface area (Å²) in [5.41, 5.74) is 2.27. The number of aromatic amines is 1. The van der Waals surface area contributed by atoms with Gasteiger partial charge in [-0.05, 0) is 72.4 Å². The lowest BCUT2D eigenvalue weighted by Gasteiger charge is -2.40. The molecule has 2 saturated carbocycles. The molecule has 7 heteroatoms. The number of halogens is 1. The molecule has 4 nitrogen and oxygen atoms in total. The molecule has 1 aliphatic heterocycles. The molecule has 3 aromatic rings. The number of ether oxygens (including phenoxy) is 2. The SMILES string of the molecule is COc1cc([C@H]2c3sc(=O)[nH]c3SC3C4CCC(C4)C32)ccc1OCc1ccc(Cl)cc1. The van der Waals surface area contributed by atoms with Crippen molar-refractivity contribution in [2.75, 3.05) is 7.11 Å². The molecular formula is C25H24ClNO3S2. The van der Waals surface area contributed by atoms with Gasteiger partial charge in [-0.1, -0.05) is 41.1 Å². The Morgan fingerprint density at radius 2 is 1.91 bits per heavy atom. The van der Waals surface area contributed by atoms with Crippen molar-refractivity contribution >= 4 is 34.7 Å². The number of fused-ring (bicyclic) bond motifs is 6. The Morgan fingerprint density at radius 3 is 2.72 bits per heavy atom. The zero-order valence-electron chi connectivity index (χ0n) is 17.7. The smallest absolute Gasteiger partial charge is 0.305 e. The molecule has 3 aliphatic rings. The number of methoxy groups -OCH3 is 1. The molecule has 4 unspecified atom stereocenters. The summed E-state index contributed by atoms with van der Waals surface area (Å²) < 4.78 is 11.8. The van der Waals surface area contributed by atoms with Gasteiger partial charge in [0, 0.05) is 21.1 Å². The molecule has 0 amide bonds. The minimum absolute atomic E-state index is 0.0507. The Morgan fingerprint density at radius 1 is 1.09 bits per heavy atom. The van der Waals surface area contributed by atoms with Crippen LogP contribution in [0.5, 0.6) is 11.5 Å². The zero-order chi connectivity index (χ0) is 21.8. The van der Waals surface area contributed by atoms with Crippen molar-refractivity contribution in [3.63, 3.8) is 0 Å². The summed E-state index contributed by atoms with van der Waals surface area (Å²) >= 11 is 9.28. The van der Waals surface area contributed by atoms with Crippen molar-refractivity contribution in [1.82, 2.24) is 4.98 Å². The lowest BCUT2D eigenvalue weighted by Crippen LogP contribution is -2.33. The molecule has 0 radical (unpaired) electrons. The second-order valence-corrected chi connectivity index (χ2v) is 11.6. The fourth-order valence-electron chi connectivity index (χ4n) is 5.96. The Labute approximate surface area is 200 Å². The van der Waals surface area contributed by atoms with Crippen molar-refractivity contribution in [2.45, 2.75) is 42.1 Å². The van der Waals surface area contributed by atoms with Crippen LogP contribution in [0, 0.1) is 17.8 Å². The Bertz CT molecular complexity index is 1200. The summed E-state index contributed by atoms with van der Waals surface area (Å²) in [6, 6.07) is 14.0. The topological polar surface area (TPSA) is 51.3 Å². The molecule has 2 heterocycles. The summed E-state index contributed by atoms with van der Waals surface area (Å²) in [6.45, 7) is 0.449. The van der Waals surface area contributed by atoms with Crippen LogP contribution >= 0.6 is 34.7 Å². The van der Waals surface area contributed by atoms with E-state index in [1.54, 1.807) is 7.11 Å². The minimum atomic E-state index is 0.0507. The number of thiazole rings is 1. The number of aromatic nitrogens is 1. The van der Waals surface area contributed by atoms with Crippen LogP contribution in [0.25, 0.3) is 0 Å². The molecule has 1 aromatic heterocycles. The molecule has 2 aliphatic carbocycles. The Kier molecular flexibility index (Phi) is 5.27. The number of benzene rings is 2. The van der Waals surface area contributed by atoms with Gasteiger partial charge in [-0.3, -0.25) is 4.79 Å². The van der Waals surface area contributed by atoms with E-state index < -0.39 is 0 Å². The van der Waals surface area contributed by atoms with E-state index in [0.29, 0.717) is 22.8 Å². The first kappa shape index (κ1) is 20.7. The lowest BCUT2D eigenvalue weighted by atomic mass is 9.75. The third kappa shape index (κ3) is 3.47. The van der Waals surface area contributed by atoms with Crippen molar-refractivity contribution in [1.29, 1.82) is 0 Å². The number of rotatable bonds is 5. The number of H-pyrrole nitrogens is 1. The van der Waals surface area contributed by atoms with Crippen LogP contribution in [0.15, 0.2) is 52.3 Å². The van der Waals surface area contributed by atoms with Gasteiger partial charge in [0.1, 0.15) is 6.61 Å². The third-order valence-corrected chi connectivity index (χ3v) is 10.2. The molecule has 2 bridgehead atoms. The van der Waals surface area contributed by atoms with Gasteiger partial charge < -0.3 is 14.5 Å². The van der Waals surface area contributed by atoms with Crippen LogP contribution in [0.4, 0.5) is 0 Å². The van der Waals surface area contributed by atoms with Crippen molar-refractivity contribution in [2.24, 2.45) is 17.8 Å². The predicted molar refractivity (Wildman–Crippen MR) is 130 cm³/mol. The molecule has 1 N–H and O–H groups in total. The monoisotopic (exact) mass is 485 g/mol. The van der Waals surface area contributed by atoms with E-state index in [0.717, 1.165) is 33.9 Å². The van der Waals surface area contributed by atoms with Crippen molar-refractivity contribution < 1.29 is 9.47 Å². The van der Waals surface area contributed by atoms with Gasteiger partial charge in [0.05, 0.1) is 12.1 Å². The average molecular weight is 486 g/mol. The second-order valence-electron chi connectivity index (χ2n) is 9.00. The Balaban J connectivity index is 1.33. The zero-order valence-corrected chi connectivity index (χ0v) is 20.1. The maximum atomic E-state index is 12.2. The molecule has 0 saturated heterocycles. The van der Waals surface area contributed by atoms with Crippen LogP contribution in [0.2, 0.25) is 5.02 Å². The van der Waals surface area contributed by atoms with Crippen molar-refractivity contribution in [3.8, 4) is 11.5 Å². The van der Waals surface area contributed by atoms with Crippen LogP contribution < -0.4 is 14.3 Å². The highest BCUT2D eigenvalue weighted by atomic mass is 35.5. The minimum Gasteiger partial charge on any atom is -0.493 e. The van der Waals surface area contributed by atoms with E-state index in [4.69, 9.17) is 21.1 Å². The highest BCUT2D eigenvalue weighted by Crippen LogP contribution is 2.63. The summed E-state index contributed by atoms with van der Waals surface area (Å²) in [5, 5.41) is 2.40. The summed E-state index contributed by atoms with van der Waals surface area (Å²) in [6.07, 6.45) is 3.98. The van der Waals surface area contributed by atoms with Gasteiger partial charge in [0.2, 0.25) is 0 Å². The van der Waals surface area contributed by atoms with Crippen LogP contribution in [-0.4, -0.2) is 17.3 Å². The van der Waals surface area contributed by atoms with Crippen molar-refractivity contribution in [3.05, 3.63) is 73.2 Å². The average Bonchev–Trinajstić information content (AvgIpc) is 3.51. The van der Waals surface area contributed by atoms with E-state index in [2.05, 4.69) is 17.1 Å². The molecule has 2 aromatic carbocycles. The normalized spacial score (nSPS) is 27.8. The van der Waals surface area contributed by atoms with Gasteiger partial charge in [0.15, 0.2) is 11.5 Å². The first-order chi connectivity index (χ1) is 15.6. The highest BCUT2D eigenvalue weighted by molar-refractivity contribution is 8.00. The first-order valence-corrected chi connectivity index (χ1v) is 13.1. The predicted octanol–water partition coefficient (Wildman–Crippen LogP) is 6.33. The van der Waals surface area contributed by atoms with E-state index in [-0.39, 0.29) is 10.8 Å². The van der Waals surface area contributed by atoms with E-state index in [9.17, 15) is 4.79 Å². The second kappa shape index (κ2) is 8.15. The molecule has 0 spiro atoms. The highest BCUT2D eigenvalue weighted by Gasteiger charge is 2.54. The number of thioether (sulfide) groups is 1. The van der Waals surface area contributed by atoms with E-state index in [1.165, 1.54) is 41.0 Å². The summed E-state index contributed by atoms with van der Waals surface area (Å²) in [5.74, 6) is 3.82. The molecule has 2 fully saturated rings. The van der Waals surface area contributed by atoms with E-state index in [1.807, 2.05) is 42.1 Å². The van der Waals surface area contributed by atoms with Gasteiger partial charge >= 0.3 is 4.87 Å². The molecule has 166 valence electrons. The molecule has 6 rings (SSSR count). The molecule has 5 atom stereocenters. The third-order valence-electron chi connectivity index (χ3n) is 7.32. The molecule has 32 heavy (non-hydrogen) atoms. The standard InChI is InChI=1S/C25H24ClNO3S2/c1-29-19-11-15(6-9-18(19)30-12-13-2-7-17(26)8-3-13)21-20-14-4-5-16(10-14)22(20)31-24-23(21)32-25(28)27-24/h2-3,6-9,11,14,16,20-22H,4-5,10,12H2,1H3,(H,27,28)/t14?,16?,20?,21-,22?/m1/s1. The van der Waals surface area contributed by atoms with Crippen LogP contribution in [0.1, 0.15) is 41.2 Å².